The van der Waals surface area contributed by atoms with Gasteiger partial charge in [-0.05, 0) is 31.0 Å². The second-order valence-corrected chi connectivity index (χ2v) is 8.35. The molecule has 0 bridgehead atoms. The molecule has 0 spiro atoms. The molecule has 0 fully saturated rings. The molecule has 0 amide bonds. The number of hydrogen-bond donors (Lipinski definition) is 2. The van der Waals surface area contributed by atoms with Gasteiger partial charge in [0, 0.05) is 0 Å². The predicted octanol–water partition coefficient (Wildman–Crippen LogP) is 2.07. The van der Waals surface area contributed by atoms with Crippen LogP contribution in [0.4, 0.5) is 11.4 Å². The minimum atomic E-state index is -4.40. The van der Waals surface area contributed by atoms with Gasteiger partial charge in [-0.25, -0.2) is 8.42 Å². The van der Waals surface area contributed by atoms with Gasteiger partial charge in [-0.1, -0.05) is 64.7 Å². The van der Waals surface area contributed by atoms with Gasteiger partial charge in [0.25, 0.3) is 0 Å². The van der Waals surface area contributed by atoms with Gasteiger partial charge in [0.2, 0.25) is 0 Å². The van der Waals surface area contributed by atoms with Gasteiger partial charge in [-0.15, -0.1) is 0 Å². The molecule has 142 valence electrons. The Hall–Kier alpha value is 0.366. The molecule has 0 radical (unpaired) electrons. The first-order chi connectivity index (χ1) is 12.0. The second kappa shape index (κ2) is 12.8. The third kappa shape index (κ3) is 8.58. The largest absolute Gasteiger partial charge is 1.00 e. The summed E-state index contributed by atoms with van der Waals surface area (Å²) in [6.45, 7) is 2.25. The molecule has 1 aromatic rings. The zero-order valence-corrected chi connectivity index (χ0v) is 20.2. The first-order valence-corrected chi connectivity index (χ1v) is 11.0. The van der Waals surface area contributed by atoms with Crippen molar-refractivity contribution in [2.75, 3.05) is 10.6 Å². The van der Waals surface area contributed by atoms with Gasteiger partial charge < -0.3 is 15.2 Å². The van der Waals surface area contributed by atoms with Crippen LogP contribution in [0.25, 0.3) is 0 Å². The average Bonchev–Trinajstić information content (AvgIpc) is 2.97. The molecule has 2 N–H and O–H groups in total. The van der Waals surface area contributed by atoms with Crippen LogP contribution >= 0.6 is 0 Å². The zero-order valence-electron chi connectivity index (χ0n) is 16.2. The molecular weight excluding hydrogens is 375 g/mol. The van der Waals surface area contributed by atoms with E-state index < -0.39 is 10.1 Å². The third-order valence-electron chi connectivity index (χ3n) is 4.79. The van der Waals surface area contributed by atoms with E-state index in [2.05, 4.69) is 17.6 Å². The first-order valence-electron chi connectivity index (χ1n) is 9.63. The first kappa shape index (κ1) is 24.4. The molecule has 5 nitrogen and oxygen atoms in total. The van der Waals surface area contributed by atoms with Crippen molar-refractivity contribution in [3.63, 3.8) is 0 Å². The van der Waals surface area contributed by atoms with Crippen molar-refractivity contribution < 1.29 is 64.4 Å². The summed E-state index contributed by atoms with van der Waals surface area (Å²) < 4.78 is 33.2. The fourth-order valence-corrected chi connectivity index (χ4v) is 3.81. The van der Waals surface area contributed by atoms with E-state index in [1.807, 2.05) is 0 Å². The van der Waals surface area contributed by atoms with Crippen LogP contribution < -0.4 is 62.0 Å². The monoisotopic (exact) mass is 406 g/mol. The summed E-state index contributed by atoms with van der Waals surface area (Å²) in [4.78, 5) is -0.180. The summed E-state index contributed by atoms with van der Waals surface area (Å²) in [6, 6.07) is 4.44. The van der Waals surface area contributed by atoms with E-state index in [4.69, 9.17) is 0 Å². The van der Waals surface area contributed by atoms with Crippen LogP contribution in [0.1, 0.15) is 77.6 Å². The van der Waals surface area contributed by atoms with Gasteiger partial charge in [0.05, 0.1) is 22.4 Å². The summed E-state index contributed by atoms with van der Waals surface area (Å²) in [7, 11) is -4.40. The minimum absolute atomic E-state index is 0. The minimum Gasteiger partial charge on any atom is -0.744 e. The zero-order chi connectivity index (χ0) is 18.1. The Kier molecular flexibility index (Phi) is 12.0. The quantitative estimate of drug-likeness (QED) is 0.315. The summed E-state index contributed by atoms with van der Waals surface area (Å²) in [5.74, 6) is 0. The van der Waals surface area contributed by atoms with Crippen LogP contribution in [0.15, 0.2) is 23.1 Å². The Labute approximate surface area is 201 Å². The van der Waals surface area contributed by atoms with Crippen molar-refractivity contribution in [2.45, 2.75) is 88.6 Å². The van der Waals surface area contributed by atoms with Crippen LogP contribution in [0, 0.1) is 0 Å². The molecule has 1 heterocycles. The van der Waals surface area contributed by atoms with Gasteiger partial charge >= 0.3 is 51.4 Å². The average molecular weight is 407 g/mol. The smallest absolute Gasteiger partial charge is 0.744 e. The molecule has 1 aliphatic heterocycles. The maximum absolute atomic E-state index is 11.1. The van der Waals surface area contributed by atoms with E-state index in [0.29, 0.717) is 5.69 Å². The third-order valence-corrected chi connectivity index (χ3v) is 5.62. The number of fused-ring (bicyclic) bond motifs is 1. The van der Waals surface area contributed by atoms with E-state index in [1.54, 1.807) is 6.07 Å². The van der Waals surface area contributed by atoms with Crippen LogP contribution in [0.5, 0.6) is 0 Å². The van der Waals surface area contributed by atoms with Crippen molar-refractivity contribution in [3.8, 4) is 0 Å². The molecule has 0 saturated carbocycles. The normalized spacial score (nSPS) is 15.7. The maximum Gasteiger partial charge on any atom is 1.00 e. The second-order valence-electron chi connectivity index (χ2n) is 6.97. The standard InChI is InChI=1S/C19H32N2O3S.K/c1-2-3-4-5-6-7-8-9-10-11-12-19-20-17-14-13-16(25(22,23)24)15-18(17)21-19;/h13-15,19-21H,2-12H2,1H3,(H,22,23,24);/q;+1/p-1. The van der Waals surface area contributed by atoms with E-state index in [1.165, 1.54) is 69.9 Å². The van der Waals surface area contributed by atoms with Gasteiger partial charge in [0.15, 0.2) is 0 Å². The van der Waals surface area contributed by atoms with E-state index in [-0.39, 0.29) is 62.4 Å². The molecule has 1 unspecified atom stereocenters. The summed E-state index contributed by atoms with van der Waals surface area (Å²) in [5.41, 5.74) is 1.57. The predicted molar refractivity (Wildman–Crippen MR) is 102 cm³/mol. The Morgan fingerprint density at radius 2 is 1.42 bits per heavy atom. The molecule has 2 rings (SSSR count). The Bertz CT molecular complexity index is 638. The van der Waals surface area contributed by atoms with Crippen molar-refractivity contribution in [1.29, 1.82) is 0 Å². The van der Waals surface area contributed by atoms with E-state index in [9.17, 15) is 13.0 Å². The maximum atomic E-state index is 11.1. The fourth-order valence-electron chi connectivity index (χ4n) is 3.32. The molecule has 0 aromatic heterocycles. The van der Waals surface area contributed by atoms with Crippen LogP contribution in [0.3, 0.4) is 0 Å². The van der Waals surface area contributed by atoms with Crippen LogP contribution in [0.2, 0.25) is 0 Å². The molecule has 1 atom stereocenters. The number of hydrogen-bond acceptors (Lipinski definition) is 5. The Morgan fingerprint density at radius 3 is 2.00 bits per heavy atom. The fraction of sp³-hybridized carbons (Fsp3) is 0.684. The van der Waals surface area contributed by atoms with Crippen LogP contribution in [-0.4, -0.2) is 19.1 Å². The van der Waals surface area contributed by atoms with Crippen molar-refractivity contribution in [3.05, 3.63) is 18.2 Å². The molecule has 1 aromatic carbocycles. The SMILES string of the molecule is CCCCCCCCCCCCC1Nc2ccc(S(=O)(=O)[O-])cc2N1.[K+]. The molecule has 1 aliphatic rings. The van der Waals surface area contributed by atoms with Crippen molar-refractivity contribution >= 4 is 21.5 Å². The molecule has 0 aliphatic carbocycles. The number of rotatable bonds is 12. The van der Waals surface area contributed by atoms with Crippen molar-refractivity contribution in [1.82, 2.24) is 0 Å². The van der Waals surface area contributed by atoms with Gasteiger partial charge in [-0.3, -0.25) is 0 Å². The number of unbranched alkanes of at least 4 members (excludes halogenated alkanes) is 9. The number of benzene rings is 1. The Morgan fingerprint density at radius 1 is 0.885 bits per heavy atom. The van der Waals surface area contributed by atoms with Crippen LogP contribution in [-0.2, 0) is 10.1 Å². The van der Waals surface area contributed by atoms with E-state index >= 15 is 0 Å². The summed E-state index contributed by atoms with van der Waals surface area (Å²) in [5, 5.41) is 6.60. The Balaban J connectivity index is 0.00000338. The van der Waals surface area contributed by atoms with Crippen molar-refractivity contribution in [2.24, 2.45) is 0 Å². The molecule has 7 heteroatoms. The summed E-state index contributed by atoms with van der Waals surface area (Å²) >= 11 is 0. The van der Waals surface area contributed by atoms with Gasteiger partial charge in [-0.2, -0.15) is 0 Å². The van der Waals surface area contributed by atoms with E-state index in [0.717, 1.165) is 18.5 Å². The molecule has 26 heavy (non-hydrogen) atoms. The summed E-state index contributed by atoms with van der Waals surface area (Å²) in [6.07, 6.45) is 14.2. The molecule has 0 saturated heterocycles. The van der Waals surface area contributed by atoms with Gasteiger partial charge in [0.1, 0.15) is 10.1 Å². The number of nitrogens with one attached hydrogen (secondary N) is 2. The topological polar surface area (TPSA) is 81.3 Å². The number of anilines is 2. The molecular formula is C19H31KN2O3S.